The number of carboxylic acids is 1. The molecule has 2 N–H and O–H groups in total. The van der Waals surface area contributed by atoms with Crippen LogP contribution in [-0.4, -0.2) is 36.1 Å². The molecule has 0 aromatic rings. The molecule has 80 valence electrons. The van der Waals surface area contributed by atoms with Crippen LogP contribution < -0.4 is 5.32 Å². The molecule has 0 aromatic carbocycles. The number of nitrogens with one attached hydrogen (secondary N) is 1. The second kappa shape index (κ2) is 6.88. The van der Waals surface area contributed by atoms with Crippen LogP contribution in [0.5, 0.6) is 0 Å². The summed E-state index contributed by atoms with van der Waals surface area (Å²) in [5.74, 6) is -2.05. The standard InChI is InChI=1S/C8H13NO5/c1-2-14-8(13)4-3-6(10)9-5-7(11)12/h2-5H2,1H3,(H,9,10)(H,11,12). The molecule has 6 heteroatoms. The van der Waals surface area contributed by atoms with Gasteiger partial charge in [0.25, 0.3) is 0 Å². The fraction of sp³-hybridized carbons (Fsp3) is 0.625. The molecule has 0 fully saturated rings. The number of carboxylic acid groups (broad SMARTS) is 1. The van der Waals surface area contributed by atoms with Crippen LogP contribution in [0.1, 0.15) is 19.8 Å². The van der Waals surface area contributed by atoms with Gasteiger partial charge in [0.1, 0.15) is 6.54 Å². The van der Waals surface area contributed by atoms with Gasteiger partial charge in [-0.15, -0.1) is 0 Å². The van der Waals surface area contributed by atoms with Crippen LogP contribution in [0.25, 0.3) is 0 Å². The summed E-state index contributed by atoms with van der Waals surface area (Å²) in [5, 5.41) is 10.4. The molecule has 0 radical (unpaired) electrons. The van der Waals surface area contributed by atoms with Gasteiger partial charge in [0.2, 0.25) is 5.91 Å². The molecule has 0 unspecified atom stereocenters. The highest BCUT2D eigenvalue weighted by atomic mass is 16.5. The molecule has 1 amide bonds. The molecule has 0 spiro atoms. The van der Waals surface area contributed by atoms with Crippen LogP contribution in [-0.2, 0) is 19.1 Å². The van der Waals surface area contributed by atoms with Crippen LogP contribution in [0.2, 0.25) is 0 Å². The summed E-state index contributed by atoms with van der Waals surface area (Å²) in [6.45, 7) is 1.51. The summed E-state index contributed by atoms with van der Waals surface area (Å²) in [7, 11) is 0. The number of hydrogen-bond acceptors (Lipinski definition) is 4. The number of rotatable bonds is 6. The molecule has 0 saturated heterocycles. The minimum Gasteiger partial charge on any atom is -0.480 e. The molecule has 0 saturated carbocycles. The fourth-order valence-corrected chi connectivity index (χ4v) is 0.711. The van der Waals surface area contributed by atoms with E-state index >= 15 is 0 Å². The molecular weight excluding hydrogens is 190 g/mol. The van der Waals surface area contributed by atoms with E-state index in [0.717, 1.165) is 0 Å². The maximum absolute atomic E-state index is 10.9. The summed E-state index contributed by atoms with van der Waals surface area (Å²) >= 11 is 0. The van der Waals surface area contributed by atoms with Crippen LogP contribution in [0.15, 0.2) is 0 Å². The van der Waals surface area contributed by atoms with Crippen molar-refractivity contribution in [3.8, 4) is 0 Å². The van der Waals surface area contributed by atoms with Crippen LogP contribution in [0, 0.1) is 0 Å². The maximum Gasteiger partial charge on any atom is 0.322 e. The topological polar surface area (TPSA) is 92.7 Å². The monoisotopic (exact) mass is 203 g/mol. The van der Waals surface area contributed by atoms with Gasteiger partial charge in [-0.25, -0.2) is 0 Å². The Morgan fingerprint density at radius 2 is 1.93 bits per heavy atom. The van der Waals surface area contributed by atoms with Gasteiger partial charge >= 0.3 is 11.9 Å². The third-order valence-corrected chi connectivity index (χ3v) is 1.30. The van der Waals surface area contributed by atoms with E-state index in [1.54, 1.807) is 6.92 Å². The molecule has 0 heterocycles. The molecule has 0 aliphatic rings. The quantitative estimate of drug-likeness (QED) is 0.569. The lowest BCUT2D eigenvalue weighted by molar-refractivity contribution is -0.144. The Labute approximate surface area is 81.2 Å². The minimum absolute atomic E-state index is 0.0285. The largest absolute Gasteiger partial charge is 0.480 e. The first-order chi connectivity index (χ1) is 6.56. The van der Waals surface area contributed by atoms with Gasteiger partial charge in [0, 0.05) is 6.42 Å². The van der Waals surface area contributed by atoms with Crippen LogP contribution >= 0.6 is 0 Å². The molecule has 0 aliphatic carbocycles. The zero-order valence-electron chi connectivity index (χ0n) is 7.91. The number of carbonyl (C=O) groups excluding carboxylic acids is 2. The molecule has 0 aliphatic heterocycles. The summed E-state index contributed by atoms with van der Waals surface area (Å²) in [4.78, 5) is 31.7. The molecule has 0 atom stereocenters. The van der Waals surface area contributed by atoms with Crippen molar-refractivity contribution >= 4 is 17.8 Å². The van der Waals surface area contributed by atoms with Crippen molar-refractivity contribution in [2.45, 2.75) is 19.8 Å². The van der Waals surface area contributed by atoms with Crippen molar-refractivity contribution in [3.63, 3.8) is 0 Å². The lowest BCUT2D eigenvalue weighted by Gasteiger charge is -2.02. The van der Waals surface area contributed by atoms with E-state index in [2.05, 4.69) is 10.1 Å². The second-order valence-corrected chi connectivity index (χ2v) is 2.48. The third-order valence-electron chi connectivity index (χ3n) is 1.30. The Balaban J connectivity index is 3.53. The molecular formula is C8H13NO5. The van der Waals surface area contributed by atoms with E-state index in [4.69, 9.17) is 5.11 Å². The summed E-state index contributed by atoms with van der Waals surface area (Å²) < 4.78 is 4.58. The third kappa shape index (κ3) is 7.08. The highest BCUT2D eigenvalue weighted by Gasteiger charge is 2.07. The van der Waals surface area contributed by atoms with E-state index in [1.807, 2.05) is 0 Å². The molecule has 0 bridgehead atoms. The first kappa shape index (κ1) is 12.4. The Bertz CT molecular complexity index is 226. The normalized spacial score (nSPS) is 9.21. The van der Waals surface area contributed by atoms with E-state index in [-0.39, 0.29) is 19.4 Å². The summed E-state index contributed by atoms with van der Waals surface area (Å²) in [6, 6.07) is 0. The lowest BCUT2D eigenvalue weighted by atomic mass is 10.3. The van der Waals surface area contributed by atoms with Crippen molar-refractivity contribution in [2.24, 2.45) is 0 Å². The predicted octanol–water partition coefficient (Wildman–Crippen LogP) is -0.469. The van der Waals surface area contributed by atoms with Gasteiger partial charge in [-0.05, 0) is 6.92 Å². The molecule has 0 aromatic heterocycles. The Kier molecular flexibility index (Phi) is 6.09. The Morgan fingerprint density at radius 3 is 2.43 bits per heavy atom. The number of aliphatic carboxylic acids is 1. The van der Waals surface area contributed by atoms with Crippen molar-refractivity contribution in [1.82, 2.24) is 5.32 Å². The number of carbonyl (C=O) groups is 3. The van der Waals surface area contributed by atoms with Gasteiger partial charge in [-0.3, -0.25) is 14.4 Å². The van der Waals surface area contributed by atoms with Gasteiger partial charge in [-0.1, -0.05) is 0 Å². The number of hydrogen-bond donors (Lipinski definition) is 2. The first-order valence-electron chi connectivity index (χ1n) is 4.20. The smallest absolute Gasteiger partial charge is 0.322 e. The second-order valence-electron chi connectivity index (χ2n) is 2.48. The van der Waals surface area contributed by atoms with Gasteiger partial charge < -0.3 is 15.2 Å². The van der Waals surface area contributed by atoms with E-state index in [1.165, 1.54) is 0 Å². The molecule has 14 heavy (non-hydrogen) atoms. The number of esters is 1. The Hall–Kier alpha value is -1.59. The average Bonchev–Trinajstić information content (AvgIpc) is 2.12. The summed E-state index contributed by atoms with van der Waals surface area (Å²) in [5.41, 5.74) is 0. The molecule has 6 nitrogen and oxygen atoms in total. The van der Waals surface area contributed by atoms with Crippen molar-refractivity contribution in [3.05, 3.63) is 0 Å². The van der Waals surface area contributed by atoms with Crippen molar-refractivity contribution < 1.29 is 24.2 Å². The molecule has 0 rings (SSSR count). The zero-order chi connectivity index (χ0) is 11.0. The van der Waals surface area contributed by atoms with E-state index in [0.29, 0.717) is 0 Å². The first-order valence-corrected chi connectivity index (χ1v) is 4.20. The lowest BCUT2D eigenvalue weighted by Crippen LogP contribution is -2.29. The predicted molar refractivity (Wildman–Crippen MR) is 46.5 cm³/mol. The fourth-order valence-electron chi connectivity index (χ4n) is 0.711. The zero-order valence-corrected chi connectivity index (χ0v) is 7.91. The Morgan fingerprint density at radius 1 is 1.29 bits per heavy atom. The highest BCUT2D eigenvalue weighted by molar-refractivity contribution is 5.84. The van der Waals surface area contributed by atoms with Crippen LogP contribution in [0.4, 0.5) is 0 Å². The summed E-state index contributed by atoms with van der Waals surface area (Å²) in [6.07, 6.45) is -0.0780. The SMILES string of the molecule is CCOC(=O)CCC(=O)NCC(=O)O. The van der Waals surface area contributed by atoms with Crippen molar-refractivity contribution in [1.29, 1.82) is 0 Å². The van der Waals surface area contributed by atoms with Crippen LogP contribution in [0.3, 0.4) is 0 Å². The highest BCUT2D eigenvalue weighted by Crippen LogP contribution is 1.92. The van der Waals surface area contributed by atoms with E-state index < -0.39 is 24.4 Å². The van der Waals surface area contributed by atoms with Crippen molar-refractivity contribution in [2.75, 3.05) is 13.2 Å². The van der Waals surface area contributed by atoms with E-state index in [9.17, 15) is 14.4 Å². The average molecular weight is 203 g/mol. The number of ether oxygens (including phenoxy) is 1. The number of amides is 1. The maximum atomic E-state index is 10.9. The minimum atomic E-state index is -1.12. The van der Waals surface area contributed by atoms with Gasteiger partial charge in [0.15, 0.2) is 0 Å². The van der Waals surface area contributed by atoms with Gasteiger partial charge in [0.05, 0.1) is 13.0 Å². The van der Waals surface area contributed by atoms with Gasteiger partial charge in [-0.2, -0.15) is 0 Å².